The van der Waals surface area contributed by atoms with Crippen molar-refractivity contribution in [3.8, 4) is 0 Å². The summed E-state index contributed by atoms with van der Waals surface area (Å²) in [5.74, 6) is -0.153. The Kier molecular flexibility index (Phi) is 6.73. The second-order valence-electron chi connectivity index (χ2n) is 6.75. The second-order valence-corrected chi connectivity index (χ2v) is 6.75. The van der Waals surface area contributed by atoms with E-state index in [9.17, 15) is 9.59 Å². The number of aromatic nitrogens is 2. The van der Waals surface area contributed by atoms with Gasteiger partial charge < -0.3 is 4.90 Å². The first kappa shape index (κ1) is 19.5. The topological polar surface area (TPSA) is 55.2 Å². The molecule has 144 valence electrons. The van der Waals surface area contributed by atoms with Gasteiger partial charge in [-0.25, -0.2) is 4.98 Å². The minimum absolute atomic E-state index is 0.0401. The summed E-state index contributed by atoms with van der Waals surface area (Å²) in [4.78, 5) is 31.5. The number of hydrogen-bond donors (Lipinski definition) is 0. The molecule has 0 atom stereocenters. The summed E-state index contributed by atoms with van der Waals surface area (Å²) >= 11 is 0. The van der Waals surface area contributed by atoms with Gasteiger partial charge >= 0.3 is 0 Å². The molecule has 0 spiro atoms. The van der Waals surface area contributed by atoms with Gasteiger partial charge in [-0.05, 0) is 30.5 Å². The molecule has 1 heterocycles. The molecule has 0 aliphatic rings. The summed E-state index contributed by atoms with van der Waals surface area (Å²) in [6.45, 7) is 2.51. The second kappa shape index (κ2) is 9.65. The van der Waals surface area contributed by atoms with E-state index in [0.717, 1.165) is 36.2 Å². The Morgan fingerprint density at radius 2 is 1.71 bits per heavy atom. The predicted octanol–water partition coefficient (Wildman–Crippen LogP) is 3.82. The standard InChI is InChI=1S/C23H25N3O2/c1-2-3-12-20-15-22(27)25(18-24-20)17-23(28)26(21-13-8-5-9-14-21)16-19-10-6-4-7-11-19/h4-11,13-15,18H,2-3,12,16-17H2,1H3. The van der Waals surface area contributed by atoms with Crippen molar-refractivity contribution < 1.29 is 4.79 Å². The molecule has 0 saturated heterocycles. The van der Waals surface area contributed by atoms with Gasteiger partial charge in [0.05, 0.1) is 12.9 Å². The highest BCUT2D eigenvalue weighted by atomic mass is 16.2. The van der Waals surface area contributed by atoms with Gasteiger partial charge in [-0.3, -0.25) is 14.2 Å². The van der Waals surface area contributed by atoms with Crippen molar-refractivity contribution in [3.63, 3.8) is 0 Å². The molecule has 1 amide bonds. The summed E-state index contributed by atoms with van der Waals surface area (Å²) in [5.41, 5.74) is 2.42. The van der Waals surface area contributed by atoms with Gasteiger partial charge in [-0.1, -0.05) is 61.9 Å². The molecule has 0 aliphatic heterocycles. The van der Waals surface area contributed by atoms with E-state index in [1.54, 1.807) is 4.90 Å². The lowest BCUT2D eigenvalue weighted by molar-refractivity contribution is -0.119. The average Bonchev–Trinajstić information content (AvgIpc) is 2.73. The summed E-state index contributed by atoms with van der Waals surface area (Å²) < 4.78 is 1.37. The number of aryl methyl sites for hydroxylation is 1. The Balaban J connectivity index is 1.81. The zero-order valence-corrected chi connectivity index (χ0v) is 16.1. The fourth-order valence-corrected chi connectivity index (χ4v) is 3.01. The lowest BCUT2D eigenvalue weighted by Gasteiger charge is -2.23. The molecule has 0 radical (unpaired) electrons. The summed E-state index contributed by atoms with van der Waals surface area (Å²) in [6.07, 6.45) is 4.31. The van der Waals surface area contributed by atoms with Crippen LogP contribution in [0.25, 0.3) is 0 Å². The van der Waals surface area contributed by atoms with E-state index in [0.29, 0.717) is 6.54 Å². The molecule has 0 N–H and O–H groups in total. The van der Waals surface area contributed by atoms with Crippen molar-refractivity contribution in [2.24, 2.45) is 0 Å². The Morgan fingerprint density at radius 3 is 2.36 bits per heavy atom. The predicted molar refractivity (Wildman–Crippen MR) is 111 cm³/mol. The van der Waals surface area contributed by atoms with Crippen molar-refractivity contribution >= 4 is 11.6 Å². The van der Waals surface area contributed by atoms with Gasteiger partial charge in [-0.15, -0.1) is 0 Å². The highest BCUT2D eigenvalue weighted by Gasteiger charge is 2.17. The molecule has 0 unspecified atom stereocenters. The van der Waals surface area contributed by atoms with Gasteiger partial charge in [0, 0.05) is 17.4 Å². The molecular formula is C23H25N3O2. The molecule has 3 aromatic rings. The third-order valence-electron chi connectivity index (χ3n) is 4.58. The molecule has 0 saturated carbocycles. The van der Waals surface area contributed by atoms with Crippen LogP contribution in [0.4, 0.5) is 5.69 Å². The summed E-state index contributed by atoms with van der Waals surface area (Å²) in [5, 5.41) is 0. The third kappa shape index (κ3) is 5.16. The van der Waals surface area contributed by atoms with Gasteiger partial charge in [0.15, 0.2) is 0 Å². The normalized spacial score (nSPS) is 10.6. The van der Waals surface area contributed by atoms with Crippen LogP contribution in [0, 0.1) is 0 Å². The largest absolute Gasteiger partial charge is 0.306 e. The van der Waals surface area contributed by atoms with Crippen LogP contribution in [0.3, 0.4) is 0 Å². The van der Waals surface area contributed by atoms with E-state index in [-0.39, 0.29) is 18.0 Å². The monoisotopic (exact) mass is 375 g/mol. The highest BCUT2D eigenvalue weighted by Crippen LogP contribution is 2.17. The zero-order chi connectivity index (χ0) is 19.8. The molecule has 2 aromatic carbocycles. The van der Waals surface area contributed by atoms with E-state index >= 15 is 0 Å². The number of unbranched alkanes of at least 4 members (excludes halogenated alkanes) is 1. The van der Waals surface area contributed by atoms with Crippen molar-refractivity contribution in [2.75, 3.05) is 4.90 Å². The van der Waals surface area contributed by atoms with Gasteiger partial charge in [0.1, 0.15) is 6.54 Å². The highest BCUT2D eigenvalue weighted by molar-refractivity contribution is 5.93. The number of carbonyl (C=O) groups excluding carboxylic acids is 1. The summed E-state index contributed by atoms with van der Waals surface area (Å²) in [7, 11) is 0. The first-order valence-electron chi connectivity index (χ1n) is 9.62. The number of benzene rings is 2. The lowest BCUT2D eigenvalue weighted by Crippen LogP contribution is -2.36. The number of hydrogen-bond acceptors (Lipinski definition) is 3. The first-order chi connectivity index (χ1) is 13.7. The molecule has 1 aromatic heterocycles. The minimum Gasteiger partial charge on any atom is -0.306 e. The smallest absolute Gasteiger partial charge is 0.253 e. The lowest BCUT2D eigenvalue weighted by atomic mass is 10.2. The van der Waals surface area contributed by atoms with E-state index in [4.69, 9.17) is 0 Å². The Hall–Kier alpha value is -3.21. The van der Waals surface area contributed by atoms with E-state index in [1.165, 1.54) is 17.0 Å². The van der Waals surface area contributed by atoms with Crippen LogP contribution in [0.15, 0.2) is 77.9 Å². The van der Waals surface area contributed by atoms with Gasteiger partial charge in [0.2, 0.25) is 5.91 Å². The quantitative estimate of drug-likeness (QED) is 0.601. The first-order valence-corrected chi connectivity index (χ1v) is 9.62. The summed E-state index contributed by atoms with van der Waals surface area (Å²) in [6, 6.07) is 20.9. The molecule has 0 aliphatic carbocycles. The average molecular weight is 375 g/mol. The molecular weight excluding hydrogens is 350 g/mol. The fourth-order valence-electron chi connectivity index (χ4n) is 3.01. The Bertz CT molecular complexity index is 952. The molecule has 0 fully saturated rings. The Morgan fingerprint density at radius 1 is 1.04 bits per heavy atom. The van der Waals surface area contributed by atoms with Crippen molar-refractivity contribution in [1.82, 2.24) is 9.55 Å². The molecule has 0 bridgehead atoms. The SMILES string of the molecule is CCCCc1cc(=O)n(CC(=O)N(Cc2ccccc2)c2ccccc2)cn1. The number of rotatable bonds is 8. The van der Waals surface area contributed by atoms with E-state index in [1.807, 2.05) is 60.7 Å². The number of nitrogens with zero attached hydrogens (tertiary/aromatic N) is 3. The minimum atomic E-state index is -0.192. The van der Waals surface area contributed by atoms with Gasteiger partial charge in [0.25, 0.3) is 5.56 Å². The van der Waals surface area contributed by atoms with Crippen molar-refractivity contribution in [1.29, 1.82) is 0 Å². The van der Waals surface area contributed by atoms with Crippen molar-refractivity contribution in [3.05, 3.63) is 94.7 Å². The van der Waals surface area contributed by atoms with Crippen LogP contribution in [0.5, 0.6) is 0 Å². The number of carbonyl (C=O) groups is 1. The fraction of sp³-hybridized carbons (Fsp3) is 0.261. The number of para-hydroxylation sites is 1. The van der Waals surface area contributed by atoms with Crippen LogP contribution >= 0.6 is 0 Å². The Labute approximate surface area is 165 Å². The van der Waals surface area contributed by atoms with E-state index < -0.39 is 0 Å². The van der Waals surface area contributed by atoms with Crippen LogP contribution in [-0.2, 0) is 24.3 Å². The van der Waals surface area contributed by atoms with Crippen LogP contribution < -0.4 is 10.5 Å². The number of amides is 1. The van der Waals surface area contributed by atoms with Crippen molar-refractivity contribution in [2.45, 2.75) is 39.3 Å². The maximum Gasteiger partial charge on any atom is 0.253 e. The van der Waals surface area contributed by atoms with E-state index in [2.05, 4.69) is 11.9 Å². The third-order valence-corrected chi connectivity index (χ3v) is 4.58. The zero-order valence-electron chi connectivity index (χ0n) is 16.1. The molecule has 3 rings (SSSR count). The number of anilines is 1. The maximum absolute atomic E-state index is 13.1. The molecule has 5 heteroatoms. The van der Waals surface area contributed by atoms with Gasteiger partial charge in [-0.2, -0.15) is 0 Å². The van der Waals surface area contributed by atoms with Crippen LogP contribution in [0.2, 0.25) is 0 Å². The van der Waals surface area contributed by atoms with Crippen LogP contribution in [-0.4, -0.2) is 15.5 Å². The molecule has 5 nitrogen and oxygen atoms in total. The maximum atomic E-state index is 13.1. The molecule has 28 heavy (non-hydrogen) atoms. The van der Waals surface area contributed by atoms with Crippen LogP contribution in [0.1, 0.15) is 31.0 Å².